The maximum atomic E-state index is 12.9. The second-order valence-corrected chi connectivity index (χ2v) is 15.3. The smallest absolute Gasteiger partial charge is 0.391 e. The number of hydrogen-bond acceptors (Lipinski definition) is 12. The number of aliphatic hydroxyl groups excluding tert-OH is 1. The number of likely N-dealkylation sites (tertiary alicyclic amines) is 3. The van der Waals surface area contributed by atoms with Crippen molar-refractivity contribution in [3.63, 3.8) is 0 Å². The molecule has 0 aromatic carbocycles. The van der Waals surface area contributed by atoms with E-state index in [1.807, 2.05) is 0 Å². The molecule has 46 heavy (non-hydrogen) atoms. The van der Waals surface area contributed by atoms with E-state index in [-0.39, 0.29) is 82.5 Å². The summed E-state index contributed by atoms with van der Waals surface area (Å²) < 4.78 is 62.1. The molecule has 3 fully saturated rings. The van der Waals surface area contributed by atoms with Crippen LogP contribution in [0.5, 0.6) is 0 Å². The molecule has 22 heteroatoms. The van der Waals surface area contributed by atoms with Crippen LogP contribution in [0, 0.1) is 0 Å². The van der Waals surface area contributed by atoms with E-state index >= 15 is 0 Å². The van der Waals surface area contributed by atoms with Crippen LogP contribution in [0.4, 0.5) is 0 Å². The van der Waals surface area contributed by atoms with Gasteiger partial charge in [-0.15, -0.1) is 0 Å². The molecular formula is C24H44N3O16P3. The van der Waals surface area contributed by atoms with Gasteiger partial charge in [0.05, 0.1) is 56.3 Å². The van der Waals surface area contributed by atoms with Crippen molar-refractivity contribution in [1.29, 1.82) is 0 Å². The topological polar surface area (TPSA) is 259 Å². The lowest BCUT2D eigenvalue weighted by Crippen LogP contribution is -2.38. The van der Waals surface area contributed by atoms with E-state index < -0.39 is 73.1 Å². The number of carbonyl (C=O) groups is 3. The number of hydrogen-bond donors (Lipinski definition) is 5. The Morgan fingerprint density at radius 3 is 1.33 bits per heavy atom. The lowest BCUT2D eigenvalue weighted by atomic mass is 10.2. The van der Waals surface area contributed by atoms with E-state index in [2.05, 4.69) is 4.52 Å². The van der Waals surface area contributed by atoms with Crippen molar-refractivity contribution in [3.8, 4) is 0 Å². The monoisotopic (exact) mass is 723 g/mol. The number of amides is 3. The van der Waals surface area contributed by atoms with Crippen LogP contribution in [0.3, 0.4) is 0 Å². The minimum atomic E-state index is -4.84. The maximum absolute atomic E-state index is 12.9. The summed E-state index contributed by atoms with van der Waals surface area (Å²) in [6, 6.07) is -2.31. The summed E-state index contributed by atoms with van der Waals surface area (Å²) in [7, 11) is -14.3. The predicted molar refractivity (Wildman–Crippen MR) is 157 cm³/mol. The van der Waals surface area contributed by atoms with Crippen LogP contribution < -0.4 is 0 Å². The van der Waals surface area contributed by atoms with E-state index in [1.54, 1.807) is 20.8 Å². The van der Waals surface area contributed by atoms with Crippen LogP contribution >= 0.6 is 23.5 Å². The molecule has 0 spiro atoms. The molecule has 0 saturated carbocycles. The average Bonchev–Trinajstić information content (AvgIpc) is 3.68. The first-order valence-corrected chi connectivity index (χ1v) is 19.5. The van der Waals surface area contributed by atoms with Crippen molar-refractivity contribution in [3.05, 3.63) is 0 Å². The van der Waals surface area contributed by atoms with Crippen molar-refractivity contribution >= 4 is 41.2 Å². The molecule has 266 valence electrons. The Labute approximate surface area is 266 Å². The molecule has 3 amide bonds. The fourth-order valence-electron chi connectivity index (χ4n) is 5.77. The number of rotatable bonds is 16. The molecule has 8 atom stereocenters. The predicted octanol–water partition coefficient (Wildman–Crippen LogP) is 0.494. The quantitative estimate of drug-likeness (QED) is 0.136. The Hall–Kier alpha value is -1.30. The van der Waals surface area contributed by atoms with Crippen molar-refractivity contribution < 1.29 is 75.4 Å². The van der Waals surface area contributed by atoms with Gasteiger partial charge in [-0.05, 0) is 19.3 Å². The van der Waals surface area contributed by atoms with Crippen molar-refractivity contribution in [2.45, 2.75) is 95.7 Å². The molecule has 5 N–H and O–H groups in total. The van der Waals surface area contributed by atoms with Gasteiger partial charge in [-0.3, -0.25) is 37.0 Å². The van der Waals surface area contributed by atoms with Gasteiger partial charge in [-0.25, -0.2) is 13.7 Å². The highest BCUT2D eigenvalue weighted by Gasteiger charge is 2.44. The normalized spacial score (nSPS) is 29.6. The van der Waals surface area contributed by atoms with E-state index in [4.69, 9.17) is 27.9 Å². The summed E-state index contributed by atoms with van der Waals surface area (Å²) in [4.78, 5) is 79.8. The van der Waals surface area contributed by atoms with Crippen LogP contribution in [-0.4, -0.2) is 133 Å². The van der Waals surface area contributed by atoms with Gasteiger partial charge in [0.25, 0.3) is 0 Å². The van der Waals surface area contributed by atoms with Gasteiger partial charge < -0.3 is 39.4 Å². The number of phosphoric acid groups is 3. The highest BCUT2D eigenvalue weighted by molar-refractivity contribution is 7.47. The highest BCUT2D eigenvalue weighted by Crippen LogP contribution is 2.49. The number of carbonyl (C=O) groups excluding carboxylic acids is 3. The lowest BCUT2D eigenvalue weighted by molar-refractivity contribution is -0.133. The van der Waals surface area contributed by atoms with Crippen molar-refractivity contribution in [2.24, 2.45) is 0 Å². The summed E-state index contributed by atoms with van der Waals surface area (Å²) >= 11 is 0. The zero-order valence-electron chi connectivity index (χ0n) is 25.9. The number of nitrogens with zero attached hydrogens (tertiary/aromatic N) is 3. The second-order valence-electron chi connectivity index (χ2n) is 11.3. The van der Waals surface area contributed by atoms with Crippen LogP contribution in [-0.2, 0) is 50.7 Å². The van der Waals surface area contributed by atoms with Gasteiger partial charge in [-0.2, -0.15) is 0 Å². The standard InChI is InChI=1S/C24H44N3O16P3/c1-4-22(29)25-10-19(28)7-16(25)14-40-45(35,36)43-21-9-18(27(12-21)24(31)6-3)15-41-46(37,38)42-20-8-17(13-39-44(32,33)34)26(11-20)23(30)5-2/h16-21,28H,4-15H2,1-3H3,(H,35,36)(H,37,38)(H2,32,33,34)/t16-,17-,18-,19+,20+,21+/m0/s1. The SMILES string of the molecule is CCC(=O)N1C[C@H](O)C[C@H]1COP(=O)(O)O[C@@H]1C[C@@H](COP(=O)(O)O[C@@H]2C[C@@H](COP(=O)(O)O)N(C(=O)CC)C2)N(C(=O)CC)C1. The Kier molecular flexibility index (Phi) is 14.0. The Bertz CT molecular complexity index is 1230. The van der Waals surface area contributed by atoms with Gasteiger partial charge in [0.1, 0.15) is 0 Å². The molecule has 0 radical (unpaired) electrons. The van der Waals surface area contributed by atoms with Gasteiger partial charge in [0, 0.05) is 38.9 Å². The van der Waals surface area contributed by atoms with Gasteiger partial charge in [-0.1, -0.05) is 20.8 Å². The Morgan fingerprint density at radius 1 is 0.609 bits per heavy atom. The Balaban J connectivity index is 1.57. The lowest BCUT2D eigenvalue weighted by Gasteiger charge is -2.25. The summed E-state index contributed by atoms with van der Waals surface area (Å²) in [5.41, 5.74) is 0. The molecule has 2 unspecified atom stereocenters. The minimum absolute atomic E-state index is 0.0521. The van der Waals surface area contributed by atoms with Crippen molar-refractivity contribution in [1.82, 2.24) is 14.7 Å². The molecule has 3 aliphatic rings. The fraction of sp³-hybridized carbons (Fsp3) is 0.875. The average molecular weight is 724 g/mol. The van der Waals surface area contributed by atoms with E-state index in [0.29, 0.717) is 0 Å². The third-order valence-corrected chi connectivity index (χ3v) is 10.4. The van der Waals surface area contributed by atoms with Gasteiger partial charge in [0.2, 0.25) is 17.7 Å². The van der Waals surface area contributed by atoms with E-state index in [1.165, 1.54) is 14.7 Å². The molecule has 0 aromatic rings. The molecular weight excluding hydrogens is 679 g/mol. The van der Waals surface area contributed by atoms with Gasteiger partial charge >= 0.3 is 23.5 Å². The molecule has 3 aliphatic heterocycles. The molecule has 3 rings (SSSR count). The van der Waals surface area contributed by atoms with E-state index in [0.717, 1.165) is 0 Å². The van der Waals surface area contributed by atoms with E-state index in [9.17, 15) is 43.0 Å². The Morgan fingerprint density at radius 2 is 0.957 bits per heavy atom. The summed E-state index contributed by atoms with van der Waals surface area (Å²) in [5, 5.41) is 9.94. The number of aliphatic hydroxyl groups is 1. The first-order chi connectivity index (χ1) is 21.4. The molecule has 0 aromatic heterocycles. The summed E-state index contributed by atoms with van der Waals surface area (Å²) in [5.74, 6) is -1.01. The van der Waals surface area contributed by atoms with Gasteiger partial charge in [0.15, 0.2) is 0 Å². The first-order valence-electron chi connectivity index (χ1n) is 14.9. The minimum Gasteiger partial charge on any atom is -0.391 e. The zero-order valence-corrected chi connectivity index (χ0v) is 28.5. The molecule has 0 bridgehead atoms. The number of phosphoric ester groups is 3. The molecule has 19 nitrogen and oxygen atoms in total. The van der Waals surface area contributed by atoms with Crippen LogP contribution in [0.2, 0.25) is 0 Å². The summed E-state index contributed by atoms with van der Waals surface area (Å²) in [6.07, 6.45) is -2.53. The second kappa shape index (κ2) is 16.4. The zero-order chi connectivity index (χ0) is 34.4. The van der Waals surface area contributed by atoms with Crippen LogP contribution in [0.15, 0.2) is 0 Å². The fourth-order valence-corrected chi connectivity index (χ4v) is 8.04. The third-order valence-electron chi connectivity index (χ3n) is 7.87. The van der Waals surface area contributed by atoms with Crippen LogP contribution in [0.1, 0.15) is 59.3 Å². The first kappa shape index (κ1) is 39.1. The van der Waals surface area contributed by atoms with Crippen LogP contribution in [0.25, 0.3) is 0 Å². The molecule has 0 aliphatic carbocycles. The third kappa shape index (κ3) is 11.4. The highest BCUT2D eigenvalue weighted by atomic mass is 31.2. The summed E-state index contributed by atoms with van der Waals surface area (Å²) in [6.45, 7) is 3.17. The number of β-amino-alcohol motifs (C(OH)–C–C–N with tert-alkyl or cyclic N) is 1. The molecule has 3 heterocycles. The molecule has 3 saturated heterocycles. The largest absolute Gasteiger partial charge is 0.472 e. The maximum Gasteiger partial charge on any atom is 0.472 e. The van der Waals surface area contributed by atoms with Crippen molar-refractivity contribution in [2.75, 3.05) is 39.5 Å².